The highest BCUT2D eigenvalue weighted by Crippen LogP contribution is 2.20. The van der Waals surface area contributed by atoms with Gasteiger partial charge in [-0.1, -0.05) is 24.8 Å². The van der Waals surface area contributed by atoms with Crippen LogP contribution in [-0.2, 0) is 0 Å². The first kappa shape index (κ1) is 9.59. The van der Waals surface area contributed by atoms with E-state index in [0.717, 1.165) is 16.5 Å². The maximum Gasteiger partial charge on any atom is 0.0353 e. The number of pyridine rings is 1. The Bertz CT molecular complexity index is 527. The summed E-state index contributed by atoms with van der Waals surface area (Å²) in [4.78, 5) is 8.20. The third kappa shape index (κ3) is 1.66. The molecule has 2 heteroatoms. The Balaban J connectivity index is 2.84. The molecule has 0 aliphatic carbocycles. The Kier molecular flexibility index (Phi) is 2.59. The maximum absolute atomic E-state index is 4.14. The van der Waals surface area contributed by atoms with Gasteiger partial charge in [0.15, 0.2) is 0 Å². The van der Waals surface area contributed by atoms with Crippen LogP contribution in [0.2, 0.25) is 0 Å². The van der Waals surface area contributed by atoms with Gasteiger partial charge < -0.3 is 0 Å². The summed E-state index contributed by atoms with van der Waals surface area (Å²) in [6.07, 6.45) is 7.34. The van der Waals surface area contributed by atoms with Gasteiger partial charge in [0.25, 0.3) is 0 Å². The summed E-state index contributed by atoms with van der Waals surface area (Å²) in [5, 5.41) is 2.28. The van der Waals surface area contributed by atoms with Gasteiger partial charge in [0, 0.05) is 36.6 Å². The van der Waals surface area contributed by atoms with E-state index in [9.17, 15) is 0 Å². The normalized spacial score (nSPS) is 11.0. The summed E-state index contributed by atoms with van der Waals surface area (Å²) in [6.45, 7) is 3.80. The molecule has 0 aliphatic rings. The van der Waals surface area contributed by atoms with E-state index in [1.165, 1.54) is 5.39 Å². The van der Waals surface area contributed by atoms with E-state index in [2.05, 4.69) is 22.6 Å². The van der Waals surface area contributed by atoms with Crippen molar-refractivity contribution in [3.8, 4) is 0 Å². The quantitative estimate of drug-likeness (QED) is 0.678. The Labute approximate surface area is 89.0 Å². The maximum atomic E-state index is 4.14. The van der Waals surface area contributed by atoms with Gasteiger partial charge in [-0.25, -0.2) is 0 Å². The predicted octanol–water partition coefficient (Wildman–Crippen LogP) is 2.93. The first-order valence-corrected chi connectivity index (χ1v) is 4.78. The summed E-state index contributed by atoms with van der Waals surface area (Å²) in [5.41, 5.74) is 2.17. The highest BCUT2D eigenvalue weighted by Gasteiger charge is 2.02. The summed E-state index contributed by atoms with van der Waals surface area (Å²) < 4.78 is 0. The molecule has 2 nitrogen and oxygen atoms in total. The van der Waals surface area contributed by atoms with Crippen molar-refractivity contribution in [2.24, 2.45) is 4.99 Å². The number of benzene rings is 1. The minimum atomic E-state index is 1.08. The number of nitrogens with zero attached hydrogens (tertiary/aromatic N) is 2. The van der Waals surface area contributed by atoms with E-state index in [-0.39, 0.29) is 0 Å². The van der Waals surface area contributed by atoms with Crippen molar-refractivity contribution < 1.29 is 0 Å². The van der Waals surface area contributed by atoms with Crippen molar-refractivity contribution in [3.63, 3.8) is 0 Å². The average Bonchev–Trinajstić information content (AvgIpc) is 2.30. The molecule has 74 valence electrons. The molecule has 0 saturated heterocycles. The van der Waals surface area contributed by atoms with Crippen LogP contribution < -0.4 is 0 Å². The molecule has 0 amide bonds. The zero-order valence-corrected chi connectivity index (χ0v) is 8.64. The van der Waals surface area contributed by atoms with Gasteiger partial charge in [-0.15, -0.1) is 0 Å². The Hall–Kier alpha value is -1.96. The molecule has 0 spiro atoms. The molecule has 1 aromatic heterocycles. The molecular weight excluding hydrogens is 184 g/mol. The second-order valence-corrected chi connectivity index (χ2v) is 3.26. The van der Waals surface area contributed by atoms with Crippen LogP contribution in [0.25, 0.3) is 16.8 Å². The lowest BCUT2D eigenvalue weighted by atomic mass is 10.0. The van der Waals surface area contributed by atoms with E-state index < -0.39 is 0 Å². The van der Waals surface area contributed by atoms with E-state index in [0.29, 0.717) is 0 Å². The fourth-order valence-electron chi connectivity index (χ4n) is 1.65. The van der Waals surface area contributed by atoms with Crippen molar-refractivity contribution in [3.05, 3.63) is 48.3 Å². The third-order valence-corrected chi connectivity index (χ3v) is 2.38. The van der Waals surface area contributed by atoms with Crippen LogP contribution in [-0.4, -0.2) is 18.2 Å². The second-order valence-electron chi connectivity index (χ2n) is 3.26. The summed E-state index contributed by atoms with van der Waals surface area (Å²) in [5.74, 6) is 0. The molecule has 0 saturated carbocycles. The number of hydrogen-bond donors (Lipinski definition) is 0. The molecule has 2 rings (SSSR count). The monoisotopic (exact) mass is 196 g/mol. The van der Waals surface area contributed by atoms with Crippen LogP contribution in [0.4, 0.5) is 0 Å². The van der Waals surface area contributed by atoms with Gasteiger partial charge in [-0.3, -0.25) is 9.98 Å². The zero-order valence-electron chi connectivity index (χ0n) is 8.64. The van der Waals surface area contributed by atoms with Gasteiger partial charge in [-0.05, 0) is 17.0 Å². The molecule has 0 fully saturated rings. The van der Waals surface area contributed by atoms with Crippen molar-refractivity contribution >= 4 is 23.1 Å². The number of fused-ring (bicyclic) bond motifs is 1. The largest absolute Gasteiger partial charge is 0.296 e. The molecule has 0 radical (unpaired) electrons. The Morgan fingerprint density at radius 2 is 2.20 bits per heavy atom. The first-order valence-electron chi connectivity index (χ1n) is 4.78. The topological polar surface area (TPSA) is 25.2 Å². The van der Waals surface area contributed by atoms with E-state index in [4.69, 9.17) is 0 Å². The highest BCUT2D eigenvalue weighted by molar-refractivity contribution is 6.02. The first-order chi connectivity index (χ1) is 7.36. The van der Waals surface area contributed by atoms with E-state index in [1.807, 2.05) is 30.6 Å². The van der Waals surface area contributed by atoms with Gasteiger partial charge in [0.05, 0.1) is 0 Å². The third-order valence-electron chi connectivity index (χ3n) is 2.38. The number of hydrogen-bond acceptors (Lipinski definition) is 2. The number of aliphatic imine (C=N–C) groups is 1. The molecule has 0 N–H and O–H groups in total. The summed E-state index contributed by atoms with van der Waals surface area (Å²) in [6, 6.07) is 6.11. The molecule has 0 atom stereocenters. The minimum absolute atomic E-state index is 1.08. The fourth-order valence-corrected chi connectivity index (χ4v) is 1.65. The highest BCUT2D eigenvalue weighted by atomic mass is 14.6. The molecule has 0 unspecified atom stereocenters. The van der Waals surface area contributed by atoms with Gasteiger partial charge in [0.2, 0.25) is 0 Å². The van der Waals surface area contributed by atoms with Crippen molar-refractivity contribution in [2.75, 3.05) is 7.05 Å². The summed E-state index contributed by atoms with van der Waals surface area (Å²) in [7, 11) is 1.77. The molecule has 1 heterocycles. The van der Waals surface area contributed by atoms with E-state index >= 15 is 0 Å². The van der Waals surface area contributed by atoms with Gasteiger partial charge >= 0.3 is 0 Å². The molecule has 1 aromatic carbocycles. The predicted molar refractivity (Wildman–Crippen MR) is 65.4 cm³/mol. The molecule has 0 aliphatic heterocycles. The Morgan fingerprint density at radius 3 is 2.93 bits per heavy atom. The SMILES string of the molecule is C=Cc1ccc2ccncc2c1/C=N\C. The van der Waals surface area contributed by atoms with Crippen molar-refractivity contribution in [1.82, 2.24) is 4.98 Å². The van der Waals surface area contributed by atoms with Crippen LogP contribution in [0.3, 0.4) is 0 Å². The van der Waals surface area contributed by atoms with Crippen LogP contribution >= 0.6 is 0 Å². The average molecular weight is 196 g/mol. The minimum Gasteiger partial charge on any atom is -0.296 e. The lowest BCUT2D eigenvalue weighted by Gasteiger charge is -2.05. The van der Waals surface area contributed by atoms with Gasteiger partial charge in [0.1, 0.15) is 0 Å². The summed E-state index contributed by atoms with van der Waals surface area (Å²) >= 11 is 0. The standard InChI is InChI=1S/C13H12N2/c1-3-10-4-5-11-6-7-15-9-13(11)12(10)8-14-2/h3-9H,1H2,2H3/b14-8-. The lowest BCUT2D eigenvalue weighted by molar-refractivity contribution is 1.36. The number of rotatable bonds is 2. The Morgan fingerprint density at radius 1 is 1.33 bits per heavy atom. The van der Waals surface area contributed by atoms with Crippen LogP contribution in [0.15, 0.2) is 42.2 Å². The fraction of sp³-hybridized carbons (Fsp3) is 0.0769. The molecule has 2 aromatic rings. The van der Waals surface area contributed by atoms with Crippen LogP contribution in [0.1, 0.15) is 11.1 Å². The van der Waals surface area contributed by atoms with Gasteiger partial charge in [-0.2, -0.15) is 0 Å². The van der Waals surface area contributed by atoms with Crippen molar-refractivity contribution in [2.45, 2.75) is 0 Å². The molecular formula is C13H12N2. The smallest absolute Gasteiger partial charge is 0.0353 e. The van der Waals surface area contributed by atoms with Crippen LogP contribution in [0.5, 0.6) is 0 Å². The zero-order chi connectivity index (χ0) is 10.7. The second kappa shape index (κ2) is 4.05. The number of aromatic nitrogens is 1. The lowest BCUT2D eigenvalue weighted by Crippen LogP contribution is -1.90. The van der Waals surface area contributed by atoms with E-state index in [1.54, 1.807) is 13.2 Å². The molecule has 15 heavy (non-hydrogen) atoms. The molecule has 0 bridgehead atoms. The van der Waals surface area contributed by atoms with Crippen molar-refractivity contribution in [1.29, 1.82) is 0 Å². The van der Waals surface area contributed by atoms with Crippen LogP contribution in [0, 0.1) is 0 Å².